The van der Waals surface area contributed by atoms with Gasteiger partial charge in [0.1, 0.15) is 11.6 Å². The summed E-state index contributed by atoms with van der Waals surface area (Å²) in [6, 6.07) is 1.56. The number of hydrogen-bond acceptors (Lipinski definition) is 3. The van der Waals surface area contributed by atoms with Crippen LogP contribution in [0.4, 0.5) is 0 Å². The van der Waals surface area contributed by atoms with Gasteiger partial charge in [-0.15, -0.1) is 0 Å². The van der Waals surface area contributed by atoms with Crippen molar-refractivity contribution in [1.82, 2.24) is 15.2 Å². The average Bonchev–Trinajstić information content (AvgIpc) is 2.34. The van der Waals surface area contributed by atoms with Crippen LogP contribution in [0.25, 0.3) is 0 Å². The van der Waals surface area contributed by atoms with E-state index in [0.717, 1.165) is 11.1 Å². The zero-order valence-electron chi connectivity index (χ0n) is 13.3. The van der Waals surface area contributed by atoms with Crippen LogP contribution in [0.5, 0.6) is 0 Å². The molecule has 114 valence electrons. The molecule has 1 aliphatic heterocycles. The zero-order valence-corrected chi connectivity index (χ0v) is 13.3. The second kappa shape index (κ2) is 5.47. The van der Waals surface area contributed by atoms with Crippen molar-refractivity contribution in [1.29, 1.82) is 0 Å². The molecule has 1 fully saturated rings. The zero-order chi connectivity index (χ0) is 15.8. The minimum absolute atomic E-state index is 0.0534. The highest BCUT2D eigenvalue weighted by Crippen LogP contribution is 2.24. The Kier molecular flexibility index (Phi) is 4.03. The molecule has 1 unspecified atom stereocenters. The Labute approximate surface area is 125 Å². The first-order valence-corrected chi connectivity index (χ1v) is 7.26. The van der Waals surface area contributed by atoms with Crippen LogP contribution in [-0.2, 0) is 16.1 Å². The lowest BCUT2D eigenvalue weighted by atomic mass is 9.91. The van der Waals surface area contributed by atoms with Gasteiger partial charge in [0.15, 0.2) is 0 Å². The van der Waals surface area contributed by atoms with Gasteiger partial charge < -0.3 is 10.2 Å². The van der Waals surface area contributed by atoms with Crippen LogP contribution in [0.1, 0.15) is 38.8 Å². The van der Waals surface area contributed by atoms with Crippen molar-refractivity contribution in [3.8, 4) is 0 Å². The first-order valence-electron chi connectivity index (χ1n) is 7.26. The summed E-state index contributed by atoms with van der Waals surface area (Å²) in [6.07, 6.45) is 3.52. The number of piperazine rings is 1. The van der Waals surface area contributed by atoms with Crippen LogP contribution >= 0.6 is 0 Å². The van der Waals surface area contributed by atoms with Crippen molar-refractivity contribution in [2.24, 2.45) is 5.92 Å². The SMILES string of the molecule is Cc1cncc(CN2C(=O)C(C)(C)NC(=O)C2C(C)C)c1. The van der Waals surface area contributed by atoms with E-state index in [-0.39, 0.29) is 17.7 Å². The molecule has 5 nitrogen and oxygen atoms in total. The number of aromatic nitrogens is 1. The van der Waals surface area contributed by atoms with Crippen molar-refractivity contribution >= 4 is 11.8 Å². The molecule has 0 saturated carbocycles. The second-order valence-electron chi connectivity index (χ2n) is 6.61. The fourth-order valence-corrected chi connectivity index (χ4v) is 2.80. The molecule has 0 radical (unpaired) electrons. The number of pyridine rings is 1. The van der Waals surface area contributed by atoms with Gasteiger partial charge in [-0.05, 0) is 37.8 Å². The Morgan fingerprint density at radius 2 is 2.00 bits per heavy atom. The number of amides is 2. The maximum atomic E-state index is 12.7. The van der Waals surface area contributed by atoms with Crippen LogP contribution in [-0.4, -0.2) is 33.3 Å². The number of aryl methyl sites for hydroxylation is 1. The molecule has 21 heavy (non-hydrogen) atoms. The van der Waals surface area contributed by atoms with Gasteiger partial charge in [0.2, 0.25) is 11.8 Å². The first kappa shape index (κ1) is 15.5. The third kappa shape index (κ3) is 3.06. The smallest absolute Gasteiger partial charge is 0.248 e. The van der Waals surface area contributed by atoms with Gasteiger partial charge in [-0.25, -0.2) is 0 Å². The molecule has 1 N–H and O–H groups in total. The molecule has 1 aromatic rings. The van der Waals surface area contributed by atoms with Crippen LogP contribution in [0.15, 0.2) is 18.5 Å². The van der Waals surface area contributed by atoms with Gasteiger partial charge in [-0.2, -0.15) is 0 Å². The second-order valence-corrected chi connectivity index (χ2v) is 6.61. The van der Waals surface area contributed by atoms with Crippen LogP contribution in [0.2, 0.25) is 0 Å². The fraction of sp³-hybridized carbons (Fsp3) is 0.562. The third-order valence-corrected chi connectivity index (χ3v) is 3.75. The van der Waals surface area contributed by atoms with Gasteiger partial charge in [-0.3, -0.25) is 14.6 Å². The summed E-state index contributed by atoms with van der Waals surface area (Å²) in [5.74, 6) is -0.0830. The number of carbonyl (C=O) groups excluding carboxylic acids is 2. The van der Waals surface area contributed by atoms with E-state index in [1.54, 1.807) is 31.1 Å². The molecule has 1 saturated heterocycles. The molecular formula is C16H23N3O2. The Hall–Kier alpha value is -1.91. The van der Waals surface area contributed by atoms with Gasteiger partial charge in [0, 0.05) is 18.9 Å². The number of nitrogens with zero attached hydrogens (tertiary/aromatic N) is 2. The molecule has 2 rings (SSSR count). The quantitative estimate of drug-likeness (QED) is 0.920. The lowest BCUT2D eigenvalue weighted by molar-refractivity contribution is -0.156. The van der Waals surface area contributed by atoms with E-state index in [0.29, 0.717) is 6.54 Å². The van der Waals surface area contributed by atoms with Crippen LogP contribution in [0, 0.1) is 12.8 Å². The fourth-order valence-electron chi connectivity index (χ4n) is 2.80. The Morgan fingerprint density at radius 1 is 1.33 bits per heavy atom. The monoisotopic (exact) mass is 289 g/mol. The predicted molar refractivity (Wildman–Crippen MR) is 80.4 cm³/mol. The normalized spacial score (nSPS) is 21.6. The molecule has 0 spiro atoms. The maximum Gasteiger partial charge on any atom is 0.248 e. The van der Waals surface area contributed by atoms with E-state index < -0.39 is 11.6 Å². The van der Waals surface area contributed by atoms with Crippen molar-refractivity contribution < 1.29 is 9.59 Å². The van der Waals surface area contributed by atoms with E-state index in [1.807, 2.05) is 26.8 Å². The summed E-state index contributed by atoms with van der Waals surface area (Å²) in [6.45, 7) is 9.77. The standard InChI is InChI=1S/C16H23N3O2/c1-10(2)13-14(20)18-16(4,5)15(21)19(13)9-12-6-11(3)7-17-8-12/h6-8,10,13H,9H2,1-5H3,(H,18,20). The van der Waals surface area contributed by atoms with Crippen molar-refractivity contribution in [2.45, 2.75) is 52.7 Å². The summed E-state index contributed by atoms with van der Waals surface area (Å²) in [7, 11) is 0. The largest absolute Gasteiger partial charge is 0.340 e. The average molecular weight is 289 g/mol. The highest BCUT2D eigenvalue weighted by atomic mass is 16.2. The molecule has 2 heterocycles. The summed E-state index contributed by atoms with van der Waals surface area (Å²) in [4.78, 5) is 30.9. The summed E-state index contributed by atoms with van der Waals surface area (Å²) >= 11 is 0. The van der Waals surface area contributed by atoms with E-state index in [1.165, 1.54) is 0 Å². The molecule has 5 heteroatoms. The van der Waals surface area contributed by atoms with E-state index in [9.17, 15) is 9.59 Å². The van der Waals surface area contributed by atoms with Gasteiger partial charge in [-0.1, -0.05) is 19.9 Å². The van der Waals surface area contributed by atoms with Gasteiger partial charge >= 0.3 is 0 Å². The molecule has 0 bridgehead atoms. The summed E-state index contributed by atoms with van der Waals surface area (Å²) < 4.78 is 0. The Morgan fingerprint density at radius 3 is 2.57 bits per heavy atom. The van der Waals surface area contributed by atoms with Crippen molar-refractivity contribution in [3.63, 3.8) is 0 Å². The third-order valence-electron chi connectivity index (χ3n) is 3.75. The number of carbonyl (C=O) groups is 2. The van der Waals surface area contributed by atoms with Crippen LogP contribution < -0.4 is 5.32 Å². The molecular weight excluding hydrogens is 266 g/mol. The molecule has 1 aliphatic rings. The van der Waals surface area contributed by atoms with E-state index in [2.05, 4.69) is 10.3 Å². The molecule has 2 amide bonds. The molecule has 0 aromatic carbocycles. The highest BCUT2D eigenvalue weighted by molar-refractivity contribution is 5.99. The summed E-state index contributed by atoms with van der Waals surface area (Å²) in [5, 5.41) is 2.82. The number of hydrogen-bond donors (Lipinski definition) is 1. The maximum absolute atomic E-state index is 12.7. The van der Waals surface area contributed by atoms with Crippen LogP contribution in [0.3, 0.4) is 0 Å². The topological polar surface area (TPSA) is 62.3 Å². The summed E-state index contributed by atoms with van der Waals surface area (Å²) in [5.41, 5.74) is 1.13. The lowest BCUT2D eigenvalue weighted by Crippen LogP contribution is -2.68. The van der Waals surface area contributed by atoms with E-state index >= 15 is 0 Å². The van der Waals surface area contributed by atoms with Crippen molar-refractivity contribution in [2.75, 3.05) is 0 Å². The van der Waals surface area contributed by atoms with Gasteiger partial charge in [0.25, 0.3) is 0 Å². The minimum Gasteiger partial charge on any atom is -0.340 e. The minimum atomic E-state index is -0.861. The number of nitrogens with one attached hydrogen (secondary N) is 1. The molecule has 1 aromatic heterocycles. The van der Waals surface area contributed by atoms with Gasteiger partial charge in [0.05, 0.1) is 0 Å². The van der Waals surface area contributed by atoms with Crippen molar-refractivity contribution in [3.05, 3.63) is 29.6 Å². The molecule has 0 aliphatic carbocycles. The highest BCUT2D eigenvalue weighted by Gasteiger charge is 2.46. The Balaban J connectivity index is 2.35. The predicted octanol–water partition coefficient (Wildman–Crippen LogP) is 1.65. The molecule has 1 atom stereocenters. The van der Waals surface area contributed by atoms with E-state index in [4.69, 9.17) is 0 Å². The lowest BCUT2D eigenvalue weighted by Gasteiger charge is -2.44. The first-order chi connectivity index (χ1) is 9.72. The number of rotatable bonds is 3. The Bertz CT molecular complexity index is 566.